The molecule has 2 unspecified atom stereocenters. The van der Waals surface area contributed by atoms with Gasteiger partial charge in [0.1, 0.15) is 0 Å². The molecule has 0 radical (unpaired) electrons. The van der Waals surface area contributed by atoms with E-state index in [9.17, 15) is 9.90 Å². The number of carboxylic acids is 1. The van der Waals surface area contributed by atoms with E-state index in [0.29, 0.717) is 18.3 Å². The molecule has 18 heavy (non-hydrogen) atoms. The minimum atomic E-state index is -0.647. The van der Waals surface area contributed by atoms with Gasteiger partial charge in [-0.2, -0.15) is 0 Å². The Kier molecular flexibility index (Phi) is 5.64. The summed E-state index contributed by atoms with van der Waals surface area (Å²) in [6.45, 7) is 10.7. The van der Waals surface area contributed by atoms with Crippen LogP contribution in [0, 0.1) is 11.8 Å². The lowest BCUT2D eigenvalue weighted by atomic mass is 9.69. The molecular weight excluding hydrogens is 226 g/mol. The van der Waals surface area contributed by atoms with Gasteiger partial charge in [0.2, 0.25) is 0 Å². The number of hydrogen-bond acceptors (Lipinski definition) is 2. The second-order valence-corrected chi connectivity index (χ2v) is 6.07. The van der Waals surface area contributed by atoms with Crippen LogP contribution in [0.25, 0.3) is 0 Å². The van der Waals surface area contributed by atoms with Crippen LogP contribution in [0.2, 0.25) is 0 Å². The van der Waals surface area contributed by atoms with Crippen LogP contribution in [-0.4, -0.2) is 34.6 Å². The number of rotatable bonds is 6. The third-order valence-corrected chi connectivity index (χ3v) is 4.72. The summed E-state index contributed by atoms with van der Waals surface area (Å²) in [6.07, 6.45) is 4.84. The molecule has 0 aromatic rings. The Morgan fingerprint density at radius 1 is 1.39 bits per heavy atom. The fourth-order valence-electron chi connectivity index (χ4n) is 3.69. The van der Waals surface area contributed by atoms with E-state index in [1.54, 1.807) is 0 Å². The van der Waals surface area contributed by atoms with Gasteiger partial charge in [-0.25, -0.2) is 0 Å². The summed E-state index contributed by atoms with van der Waals surface area (Å²) in [4.78, 5) is 13.6. The van der Waals surface area contributed by atoms with Crippen molar-refractivity contribution in [1.82, 2.24) is 4.90 Å². The van der Waals surface area contributed by atoms with Crippen molar-refractivity contribution in [2.45, 2.75) is 65.3 Å². The van der Waals surface area contributed by atoms with Gasteiger partial charge in [0.05, 0.1) is 6.42 Å². The van der Waals surface area contributed by atoms with Crippen LogP contribution >= 0.6 is 0 Å². The summed E-state index contributed by atoms with van der Waals surface area (Å²) in [5.41, 5.74) is -0.0947. The maximum absolute atomic E-state index is 11.3. The highest BCUT2D eigenvalue weighted by Crippen LogP contribution is 2.42. The first-order valence-corrected chi connectivity index (χ1v) is 7.42. The molecule has 1 fully saturated rings. The fraction of sp³-hybridized carbons (Fsp3) is 0.933. The Balaban J connectivity index is 2.92. The molecule has 0 aliphatic heterocycles. The molecule has 1 aliphatic carbocycles. The molecule has 106 valence electrons. The van der Waals surface area contributed by atoms with Gasteiger partial charge in [0, 0.05) is 5.54 Å². The van der Waals surface area contributed by atoms with Gasteiger partial charge < -0.3 is 5.11 Å². The minimum absolute atomic E-state index is 0.0947. The topological polar surface area (TPSA) is 40.5 Å². The van der Waals surface area contributed by atoms with Gasteiger partial charge in [-0.15, -0.1) is 0 Å². The first kappa shape index (κ1) is 15.5. The Morgan fingerprint density at radius 3 is 2.44 bits per heavy atom. The molecular formula is C15H29NO2. The normalized spacial score (nSPS) is 28.9. The summed E-state index contributed by atoms with van der Waals surface area (Å²) in [5, 5.41) is 9.27. The van der Waals surface area contributed by atoms with Crippen molar-refractivity contribution in [2.75, 3.05) is 13.1 Å². The van der Waals surface area contributed by atoms with E-state index in [0.717, 1.165) is 25.9 Å². The molecule has 0 aromatic heterocycles. The average molecular weight is 255 g/mol. The Labute approximate surface area is 112 Å². The maximum Gasteiger partial charge on any atom is 0.305 e. The lowest BCUT2D eigenvalue weighted by Gasteiger charge is -2.48. The molecule has 0 amide bonds. The number of aliphatic carboxylic acids is 1. The third-order valence-electron chi connectivity index (χ3n) is 4.72. The van der Waals surface area contributed by atoms with Crippen molar-refractivity contribution < 1.29 is 9.90 Å². The smallest absolute Gasteiger partial charge is 0.305 e. The van der Waals surface area contributed by atoms with Gasteiger partial charge >= 0.3 is 5.97 Å². The predicted octanol–water partition coefficient (Wildman–Crippen LogP) is 3.39. The van der Waals surface area contributed by atoms with Crippen molar-refractivity contribution in [1.29, 1.82) is 0 Å². The van der Waals surface area contributed by atoms with Crippen molar-refractivity contribution >= 4 is 5.97 Å². The van der Waals surface area contributed by atoms with E-state index < -0.39 is 5.97 Å². The monoisotopic (exact) mass is 255 g/mol. The van der Waals surface area contributed by atoms with Gasteiger partial charge in [-0.1, -0.05) is 40.5 Å². The minimum Gasteiger partial charge on any atom is -0.481 e. The highest BCUT2D eigenvalue weighted by molar-refractivity contribution is 5.68. The molecule has 1 saturated carbocycles. The van der Waals surface area contributed by atoms with E-state index >= 15 is 0 Å². The number of carboxylic acid groups (broad SMARTS) is 1. The fourth-order valence-corrected chi connectivity index (χ4v) is 3.69. The van der Waals surface area contributed by atoms with Crippen molar-refractivity contribution in [3.05, 3.63) is 0 Å². The molecule has 0 aromatic carbocycles. The van der Waals surface area contributed by atoms with Crippen LogP contribution in [0.3, 0.4) is 0 Å². The molecule has 1 N–H and O–H groups in total. The first-order valence-electron chi connectivity index (χ1n) is 7.42. The van der Waals surface area contributed by atoms with Crippen molar-refractivity contribution in [3.63, 3.8) is 0 Å². The summed E-state index contributed by atoms with van der Waals surface area (Å²) in [7, 11) is 0. The lowest BCUT2D eigenvalue weighted by molar-refractivity contribution is -0.142. The number of nitrogens with zero attached hydrogens (tertiary/aromatic N) is 1. The summed E-state index contributed by atoms with van der Waals surface area (Å²) in [5.74, 6) is 0.694. The summed E-state index contributed by atoms with van der Waals surface area (Å²) in [6, 6.07) is 0. The Hall–Kier alpha value is -0.570. The largest absolute Gasteiger partial charge is 0.481 e. The second kappa shape index (κ2) is 6.55. The van der Waals surface area contributed by atoms with Gasteiger partial charge in [0.25, 0.3) is 0 Å². The van der Waals surface area contributed by atoms with Crippen LogP contribution in [-0.2, 0) is 4.79 Å². The molecule has 0 heterocycles. The quantitative estimate of drug-likeness (QED) is 0.791. The van der Waals surface area contributed by atoms with Gasteiger partial charge in [-0.05, 0) is 37.8 Å². The zero-order valence-corrected chi connectivity index (χ0v) is 12.4. The number of hydrogen-bond donors (Lipinski definition) is 1. The Morgan fingerprint density at radius 2 is 2.00 bits per heavy atom. The standard InChI is InChI=1S/C15H29NO2/c1-5-16(6-2)15(11-14(17)18)9-7-8-13(10-15)12(3)4/h12-13H,5-11H2,1-4H3,(H,17,18). The zero-order valence-electron chi connectivity index (χ0n) is 12.4. The van der Waals surface area contributed by atoms with Crippen LogP contribution in [0.4, 0.5) is 0 Å². The summed E-state index contributed by atoms with van der Waals surface area (Å²) >= 11 is 0. The van der Waals surface area contributed by atoms with Crippen LogP contribution < -0.4 is 0 Å². The zero-order chi connectivity index (χ0) is 13.8. The van der Waals surface area contributed by atoms with Crippen LogP contribution in [0.1, 0.15) is 59.8 Å². The average Bonchev–Trinajstić information content (AvgIpc) is 2.29. The first-order chi connectivity index (χ1) is 8.45. The molecule has 1 aliphatic rings. The SMILES string of the molecule is CCN(CC)C1(CC(=O)O)CCCC(C(C)C)C1. The summed E-state index contributed by atoms with van der Waals surface area (Å²) < 4.78 is 0. The third kappa shape index (κ3) is 3.47. The van der Waals surface area contributed by atoms with Crippen LogP contribution in [0.15, 0.2) is 0 Å². The van der Waals surface area contributed by atoms with E-state index in [1.807, 2.05) is 0 Å². The van der Waals surface area contributed by atoms with Gasteiger partial charge in [0.15, 0.2) is 0 Å². The van der Waals surface area contributed by atoms with Crippen LogP contribution in [0.5, 0.6) is 0 Å². The molecule has 0 spiro atoms. The maximum atomic E-state index is 11.3. The van der Waals surface area contributed by atoms with E-state index in [1.165, 1.54) is 12.8 Å². The number of carbonyl (C=O) groups is 1. The predicted molar refractivity (Wildman–Crippen MR) is 74.7 cm³/mol. The van der Waals surface area contributed by atoms with Gasteiger partial charge in [-0.3, -0.25) is 9.69 Å². The van der Waals surface area contributed by atoms with Crippen molar-refractivity contribution in [3.8, 4) is 0 Å². The molecule has 0 saturated heterocycles. The molecule has 2 atom stereocenters. The van der Waals surface area contributed by atoms with E-state index in [4.69, 9.17) is 0 Å². The highest BCUT2D eigenvalue weighted by Gasteiger charge is 2.42. The molecule has 0 bridgehead atoms. The lowest BCUT2D eigenvalue weighted by Crippen LogP contribution is -2.53. The van der Waals surface area contributed by atoms with E-state index in [-0.39, 0.29) is 5.54 Å². The van der Waals surface area contributed by atoms with E-state index in [2.05, 4.69) is 32.6 Å². The molecule has 3 heteroatoms. The second-order valence-electron chi connectivity index (χ2n) is 6.07. The van der Waals surface area contributed by atoms with Crippen molar-refractivity contribution in [2.24, 2.45) is 11.8 Å². The molecule has 1 rings (SSSR count). The molecule has 3 nitrogen and oxygen atoms in total. The highest BCUT2D eigenvalue weighted by atomic mass is 16.4. The Bertz CT molecular complexity index is 274.